The van der Waals surface area contributed by atoms with E-state index in [1.54, 1.807) is 19.4 Å². The number of halogens is 3. The Labute approximate surface area is 214 Å². The molecule has 2 atom stereocenters. The maximum atomic E-state index is 6.54. The van der Waals surface area contributed by atoms with Gasteiger partial charge in [0.25, 0.3) is 5.95 Å². The van der Waals surface area contributed by atoms with E-state index < -0.39 is 0 Å². The summed E-state index contributed by atoms with van der Waals surface area (Å²) < 4.78 is 7.54. The smallest absolute Gasteiger partial charge is 0.268 e. The van der Waals surface area contributed by atoms with Crippen LogP contribution in [-0.2, 0) is 11.3 Å². The average molecular weight is 522 g/mol. The van der Waals surface area contributed by atoms with Gasteiger partial charge in [-0.3, -0.25) is 9.98 Å². The molecule has 4 rings (SSSR count). The molecular weight excluding hydrogens is 495 g/mol. The first-order chi connectivity index (χ1) is 16.5. The lowest BCUT2D eigenvalue weighted by Gasteiger charge is -2.20. The first-order valence-corrected chi connectivity index (χ1v) is 12.6. The minimum absolute atomic E-state index is 0.0541. The fraction of sp³-hybridized carbons (Fsp3) is 0.458. The normalized spacial score (nSPS) is 22.6. The van der Waals surface area contributed by atoms with Crippen molar-refractivity contribution in [2.24, 2.45) is 15.0 Å². The third-order valence-corrected chi connectivity index (χ3v) is 6.69. The number of hydrogen-bond acceptors (Lipinski definition) is 6. The highest BCUT2D eigenvalue weighted by Crippen LogP contribution is 2.37. The van der Waals surface area contributed by atoms with Crippen molar-refractivity contribution in [1.82, 2.24) is 14.8 Å². The molecule has 0 bridgehead atoms. The molecule has 1 aromatic heterocycles. The lowest BCUT2D eigenvalue weighted by atomic mass is 9.93. The summed E-state index contributed by atoms with van der Waals surface area (Å²) in [6, 6.07) is 5.52. The average Bonchev–Trinajstić information content (AvgIpc) is 3.11. The van der Waals surface area contributed by atoms with Crippen LogP contribution in [0.15, 0.2) is 45.0 Å². The molecule has 0 saturated carbocycles. The predicted molar refractivity (Wildman–Crippen MR) is 140 cm³/mol. The van der Waals surface area contributed by atoms with Crippen molar-refractivity contribution in [3.8, 4) is 0 Å². The van der Waals surface area contributed by atoms with Gasteiger partial charge in [0.05, 0.1) is 13.3 Å². The molecule has 2 heterocycles. The van der Waals surface area contributed by atoms with Gasteiger partial charge in [-0.25, -0.2) is 9.67 Å². The van der Waals surface area contributed by atoms with Crippen LogP contribution in [-0.4, -0.2) is 51.6 Å². The molecule has 7 nitrogen and oxygen atoms in total. The van der Waals surface area contributed by atoms with Crippen molar-refractivity contribution in [2.75, 3.05) is 13.7 Å². The summed E-state index contributed by atoms with van der Waals surface area (Å²) in [6.45, 7) is 3.35. The number of hydrogen-bond donors (Lipinski definition) is 0. The number of nitrogens with zero attached hydrogens (tertiary/aromatic N) is 6. The molecule has 0 spiro atoms. The SMILES string of the molecule is CCN=C(Cl)C=NC1CCC(=Nc2nc3n(n2)CCCCC3c2ccc(Cl)cc2Cl)C=C1OC. The van der Waals surface area contributed by atoms with Crippen LogP contribution < -0.4 is 0 Å². The van der Waals surface area contributed by atoms with Gasteiger partial charge in [0, 0.05) is 34.8 Å². The molecule has 0 saturated heterocycles. The topological polar surface area (TPSA) is 77.0 Å². The Morgan fingerprint density at radius 2 is 2.12 bits per heavy atom. The summed E-state index contributed by atoms with van der Waals surface area (Å²) >= 11 is 18.7. The molecule has 180 valence electrons. The lowest BCUT2D eigenvalue weighted by molar-refractivity contribution is 0.260. The number of aryl methyl sites for hydroxylation is 1. The number of rotatable bonds is 6. The molecule has 1 aromatic carbocycles. The Hall–Kier alpha value is -2.22. The second-order valence-corrected chi connectivity index (χ2v) is 9.42. The summed E-state index contributed by atoms with van der Waals surface area (Å²) in [7, 11) is 1.64. The highest BCUT2D eigenvalue weighted by molar-refractivity contribution is 6.79. The van der Waals surface area contributed by atoms with Crippen LogP contribution in [0.3, 0.4) is 0 Å². The van der Waals surface area contributed by atoms with Crippen molar-refractivity contribution in [1.29, 1.82) is 0 Å². The molecule has 2 aliphatic rings. The van der Waals surface area contributed by atoms with Gasteiger partial charge in [0.1, 0.15) is 22.8 Å². The van der Waals surface area contributed by atoms with E-state index in [-0.39, 0.29) is 12.0 Å². The Balaban J connectivity index is 1.60. The first-order valence-electron chi connectivity index (χ1n) is 11.4. The Morgan fingerprint density at radius 1 is 1.26 bits per heavy atom. The van der Waals surface area contributed by atoms with Gasteiger partial charge in [0.2, 0.25) is 0 Å². The number of benzene rings is 1. The van der Waals surface area contributed by atoms with E-state index in [2.05, 4.69) is 9.98 Å². The van der Waals surface area contributed by atoms with Crippen LogP contribution >= 0.6 is 34.8 Å². The Morgan fingerprint density at radius 3 is 2.88 bits per heavy atom. The first kappa shape index (κ1) is 24.9. The molecule has 2 aromatic rings. The van der Waals surface area contributed by atoms with Gasteiger partial charge in [-0.15, -0.1) is 5.10 Å². The van der Waals surface area contributed by atoms with Crippen LogP contribution in [0.5, 0.6) is 0 Å². The number of allylic oxidation sites excluding steroid dienone is 1. The maximum Gasteiger partial charge on any atom is 0.268 e. The summed E-state index contributed by atoms with van der Waals surface area (Å²) in [5.41, 5.74) is 1.88. The molecule has 2 unspecified atom stereocenters. The molecule has 0 fully saturated rings. The van der Waals surface area contributed by atoms with Gasteiger partial charge >= 0.3 is 0 Å². The van der Waals surface area contributed by atoms with Crippen LogP contribution in [0.4, 0.5) is 5.95 Å². The molecule has 1 aliphatic carbocycles. The summed E-state index contributed by atoms with van der Waals surface area (Å²) in [6.07, 6.45) is 8.04. The highest BCUT2D eigenvalue weighted by atomic mass is 35.5. The highest BCUT2D eigenvalue weighted by Gasteiger charge is 2.27. The third kappa shape index (κ3) is 5.88. The summed E-state index contributed by atoms with van der Waals surface area (Å²) in [4.78, 5) is 18.2. The molecule has 10 heteroatoms. The van der Waals surface area contributed by atoms with Crippen LogP contribution in [0, 0.1) is 0 Å². The fourth-order valence-corrected chi connectivity index (χ4v) is 5.01. The minimum Gasteiger partial charge on any atom is -0.499 e. The standard InChI is InChI=1S/C24H27Cl3N6O/c1-3-28-22(27)14-29-20-10-8-16(13-21(20)34-2)30-24-31-23-18(6-4-5-11-33(23)32-24)17-9-7-15(25)12-19(17)26/h7,9,12-14,18,20H,3-6,8,10-11H2,1-2H3. The number of methoxy groups -OCH3 is 1. The zero-order valence-electron chi connectivity index (χ0n) is 19.2. The number of ether oxygens (including phenoxy) is 1. The van der Waals surface area contributed by atoms with E-state index in [1.807, 2.05) is 29.8 Å². The minimum atomic E-state index is -0.118. The van der Waals surface area contributed by atoms with Crippen molar-refractivity contribution < 1.29 is 4.74 Å². The van der Waals surface area contributed by atoms with Gasteiger partial charge in [0.15, 0.2) is 0 Å². The third-order valence-electron chi connectivity index (χ3n) is 5.91. The van der Waals surface area contributed by atoms with Crippen LogP contribution in [0.1, 0.15) is 56.3 Å². The molecule has 1 aliphatic heterocycles. The number of aromatic nitrogens is 3. The Bertz CT molecular complexity index is 1150. The second kappa shape index (κ2) is 11.5. The second-order valence-electron chi connectivity index (χ2n) is 8.19. The largest absolute Gasteiger partial charge is 0.499 e. The van der Waals surface area contributed by atoms with E-state index in [0.717, 1.165) is 61.5 Å². The number of aliphatic imine (C=N–C) groups is 3. The van der Waals surface area contributed by atoms with Gasteiger partial charge in [-0.1, -0.05) is 47.3 Å². The van der Waals surface area contributed by atoms with Crippen molar-refractivity contribution >= 4 is 57.8 Å². The van der Waals surface area contributed by atoms with E-state index in [4.69, 9.17) is 54.6 Å². The molecule has 34 heavy (non-hydrogen) atoms. The zero-order valence-corrected chi connectivity index (χ0v) is 21.5. The van der Waals surface area contributed by atoms with Gasteiger partial charge in [-0.2, -0.15) is 4.98 Å². The monoisotopic (exact) mass is 520 g/mol. The molecular formula is C24H27Cl3N6O. The van der Waals surface area contributed by atoms with Gasteiger partial charge < -0.3 is 4.74 Å². The van der Waals surface area contributed by atoms with Crippen molar-refractivity contribution in [2.45, 2.75) is 57.5 Å². The molecule has 0 radical (unpaired) electrons. The quantitative estimate of drug-likeness (QED) is 0.413. The zero-order chi connectivity index (χ0) is 24.1. The Kier molecular flexibility index (Phi) is 8.40. The maximum absolute atomic E-state index is 6.54. The molecule has 0 N–H and O–H groups in total. The fourth-order valence-electron chi connectivity index (χ4n) is 4.29. The summed E-state index contributed by atoms with van der Waals surface area (Å²) in [5.74, 6) is 2.13. The van der Waals surface area contributed by atoms with E-state index in [9.17, 15) is 0 Å². The van der Waals surface area contributed by atoms with E-state index in [0.29, 0.717) is 27.7 Å². The number of fused-ring (bicyclic) bond motifs is 1. The van der Waals surface area contributed by atoms with Crippen molar-refractivity contribution in [3.63, 3.8) is 0 Å². The lowest BCUT2D eigenvalue weighted by Crippen LogP contribution is -2.19. The molecule has 0 amide bonds. The van der Waals surface area contributed by atoms with Crippen molar-refractivity contribution in [3.05, 3.63) is 51.5 Å². The predicted octanol–water partition coefficient (Wildman–Crippen LogP) is 6.39. The van der Waals surface area contributed by atoms with E-state index in [1.165, 1.54) is 0 Å². The van der Waals surface area contributed by atoms with Crippen LogP contribution in [0.25, 0.3) is 0 Å². The van der Waals surface area contributed by atoms with E-state index >= 15 is 0 Å². The summed E-state index contributed by atoms with van der Waals surface area (Å²) in [5, 5.41) is 6.35. The van der Waals surface area contributed by atoms with Gasteiger partial charge in [-0.05, 0) is 56.4 Å². The van der Waals surface area contributed by atoms with Crippen LogP contribution in [0.2, 0.25) is 10.0 Å².